The maximum atomic E-state index is 10.7. The molecule has 2 aromatic carbocycles. The Morgan fingerprint density at radius 2 is 1.80 bits per heavy atom. The van der Waals surface area contributed by atoms with Gasteiger partial charge in [-0.25, -0.2) is 0 Å². The summed E-state index contributed by atoms with van der Waals surface area (Å²) in [6, 6.07) is 12.3. The monoisotopic (exact) mass is 336 g/mol. The Balaban J connectivity index is 2.32. The molecular formula is C16H17BrO3. The van der Waals surface area contributed by atoms with Crippen molar-refractivity contribution in [3.63, 3.8) is 0 Å². The van der Waals surface area contributed by atoms with Crippen LogP contribution in [0.1, 0.15) is 18.1 Å². The van der Waals surface area contributed by atoms with E-state index < -0.39 is 5.60 Å². The molecule has 2 N–H and O–H groups in total. The minimum atomic E-state index is -1.04. The van der Waals surface area contributed by atoms with Crippen molar-refractivity contribution in [2.75, 3.05) is 7.11 Å². The van der Waals surface area contributed by atoms with Gasteiger partial charge in [0.05, 0.1) is 12.7 Å². The molecule has 0 aliphatic rings. The first-order valence-corrected chi connectivity index (χ1v) is 7.06. The van der Waals surface area contributed by atoms with Crippen LogP contribution in [0.4, 0.5) is 0 Å². The predicted molar refractivity (Wildman–Crippen MR) is 82.1 cm³/mol. The summed E-state index contributed by atoms with van der Waals surface area (Å²) in [7, 11) is 1.61. The third-order valence-electron chi connectivity index (χ3n) is 3.27. The number of hydrogen-bond donors (Lipinski definition) is 2. The van der Waals surface area contributed by atoms with E-state index in [4.69, 9.17) is 4.74 Å². The summed E-state index contributed by atoms with van der Waals surface area (Å²) in [5, 5.41) is 20.0. The van der Waals surface area contributed by atoms with Crippen molar-refractivity contribution in [1.82, 2.24) is 0 Å². The van der Waals surface area contributed by atoms with E-state index in [0.717, 1.165) is 21.3 Å². The molecule has 0 aliphatic heterocycles. The van der Waals surface area contributed by atoms with E-state index in [9.17, 15) is 10.2 Å². The molecule has 0 saturated carbocycles. The number of aliphatic hydroxyl groups is 1. The maximum Gasteiger partial charge on any atom is 0.122 e. The average molecular weight is 337 g/mol. The van der Waals surface area contributed by atoms with Gasteiger partial charge in [-0.2, -0.15) is 0 Å². The summed E-state index contributed by atoms with van der Waals surface area (Å²) in [5.74, 6) is 0.928. The number of phenols is 1. The molecule has 0 aliphatic carbocycles. The van der Waals surface area contributed by atoms with Crippen LogP contribution in [0.2, 0.25) is 0 Å². The topological polar surface area (TPSA) is 49.7 Å². The Kier molecular flexibility index (Phi) is 4.35. The second kappa shape index (κ2) is 5.85. The van der Waals surface area contributed by atoms with Crippen LogP contribution in [0.3, 0.4) is 0 Å². The Hall–Kier alpha value is -1.52. The second-order valence-corrected chi connectivity index (χ2v) is 5.87. The Morgan fingerprint density at radius 3 is 2.40 bits per heavy atom. The van der Waals surface area contributed by atoms with Crippen LogP contribution in [0.15, 0.2) is 46.9 Å². The molecule has 4 heteroatoms. The summed E-state index contributed by atoms with van der Waals surface area (Å²) in [6.07, 6.45) is 0.417. The molecule has 1 unspecified atom stereocenters. The number of benzene rings is 2. The van der Waals surface area contributed by atoms with E-state index in [1.165, 1.54) is 0 Å². The third-order valence-corrected chi connectivity index (χ3v) is 3.76. The number of halogens is 1. The van der Waals surface area contributed by atoms with Crippen LogP contribution in [0.5, 0.6) is 11.5 Å². The molecule has 1 atom stereocenters. The first-order valence-electron chi connectivity index (χ1n) is 6.27. The fourth-order valence-corrected chi connectivity index (χ4v) is 2.59. The number of rotatable bonds is 4. The van der Waals surface area contributed by atoms with Crippen molar-refractivity contribution in [3.05, 3.63) is 58.1 Å². The molecule has 106 valence electrons. The minimum Gasteiger partial charge on any atom is -0.508 e. The normalized spacial score (nSPS) is 13.8. The first kappa shape index (κ1) is 14.9. The van der Waals surface area contributed by atoms with E-state index >= 15 is 0 Å². The SMILES string of the molecule is COc1ccc(Br)cc1CC(C)(O)c1ccc(O)cc1. The van der Waals surface area contributed by atoms with E-state index in [1.807, 2.05) is 18.2 Å². The molecular weight excluding hydrogens is 320 g/mol. The smallest absolute Gasteiger partial charge is 0.122 e. The van der Waals surface area contributed by atoms with Gasteiger partial charge in [-0.1, -0.05) is 28.1 Å². The number of hydrogen-bond acceptors (Lipinski definition) is 3. The number of phenolic OH excluding ortho intramolecular Hbond substituents is 1. The van der Waals surface area contributed by atoms with Gasteiger partial charge in [0.1, 0.15) is 11.5 Å². The Morgan fingerprint density at radius 1 is 1.15 bits per heavy atom. The van der Waals surface area contributed by atoms with Crippen molar-refractivity contribution in [2.45, 2.75) is 18.9 Å². The van der Waals surface area contributed by atoms with Crippen molar-refractivity contribution in [1.29, 1.82) is 0 Å². The molecule has 0 bridgehead atoms. The lowest BCUT2D eigenvalue weighted by atomic mass is 9.89. The molecule has 2 aromatic rings. The zero-order valence-corrected chi connectivity index (χ0v) is 13.0. The van der Waals surface area contributed by atoms with Crippen LogP contribution < -0.4 is 4.74 Å². The first-order chi connectivity index (χ1) is 9.42. The van der Waals surface area contributed by atoms with Gasteiger partial charge >= 0.3 is 0 Å². The van der Waals surface area contributed by atoms with Crippen molar-refractivity contribution < 1.29 is 14.9 Å². The number of aromatic hydroxyl groups is 1. The van der Waals surface area contributed by atoms with Gasteiger partial charge in [-0.15, -0.1) is 0 Å². The lowest BCUT2D eigenvalue weighted by Crippen LogP contribution is -2.24. The summed E-state index contributed by atoms with van der Waals surface area (Å²) < 4.78 is 6.27. The van der Waals surface area contributed by atoms with Crippen molar-refractivity contribution >= 4 is 15.9 Å². The highest BCUT2D eigenvalue weighted by atomic mass is 79.9. The van der Waals surface area contributed by atoms with Gasteiger partial charge in [0.15, 0.2) is 0 Å². The van der Waals surface area contributed by atoms with Gasteiger partial charge in [0.2, 0.25) is 0 Å². The van der Waals surface area contributed by atoms with Crippen LogP contribution in [0.25, 0.3) is 0 Å². The third kappa shape index (κ3) is 3.32. The lowest BCUT2D eigenvalue weighted by molar-refractivity contribution is 0.0569. The lowest BCUT2D eigenvalue weighted by Gasteiger charge is -2.25. The predicted octanol–water partition coefficient (Wildman–Crippen LogP) is 3.61. The van der Waals surface area contributed by atoms with Gasteiger partial charge in [-0.05, 0) is 48.4 Å². The van der Waals surface area contributed by atoms with Crippen LogP contribution in [-0.2, 0) is 12.0 Å². The second-order valence-electron chi connectivity index (χ2n) is 4.95. The molecule has 3 nitrogen and oxygen atoms in total. The van der Waals surface area contributed by atoms with Crippen molar-refractivity contribution in [3.8, 4) is 11.5 Å². The van der Waals surface area contributed by atoms with E-state index in [-0.39, 0.29) is 5.75 Å². The fourth-order valence-electron chi connectivity index (χ4n) is 2.18. The van der Waals surface area contributed by atoms with Crippen LogP contribution >= 0.6 is 15.9 Å². The van der Waals surface area contributed by atoms with E-state index in [1.54, 1.807) is 38.3 Å². The molecule has 0 saturated heterocycles. The summed E-state index contributed by atoms with van der Waals surface area (Å²) >= 11 is 3.43. The minimum absolute atomic E-state index is 0.185. The summed E-state index contributed by atoms with van der Waals surface area (Å²) in [6.45, 7) is 1.75. The zero-order valence-electron chi connectivity index (χ0n) is 11.4. The molecule has 20 heavy (non-hydrogen) atoms. The van der Waals surface area contributed by atoms with E-state index in [0.29, 0.717) is 6.42 Å². The van der Waals surface area contributed by atoms with Gasteiger partial charge in [-0.3, -0.25) is 0 Å². The Bertz CT molecular complexity index is 591. The number of ether oxygens (including phenoxy) is 1. The Labute approximate surface area is 127 Å². The van der Waals surface area contributed by atoms with E-state index in [2.05, 4.69) is 15.9 Å². The van der Waals surface area contributed by atoms with Gasteiger partial charge in [0.25, 0.3) is 0 Å². The van der Waals surface area contributed by atoms with Crippen LogP contribution in [0, 0.1) is 0 Å². The molecule has 0 spiro atoms. The highest BCUT2D eigenvalue weighted by Gasteiger charge is 2.25. The standard InChI is InChI=1S/C16H17BrO3/c1-16(19,12-3-6-14(18)7-4-12)10-11-9-13(17)5-8-15(11)20-2/h3-9,18-19H,10H2,1-2H3. The van der Waals surface area contributed by atoms with Crippen LogP contribution in [-0.4, -0.2) is 17.3 Å². The molecule has 0 radical (unpaired) electrons. The summed E-state index contributed by atoms with van der Waals surface area (Å²) in [5.41, 5.74) is 0.624. The quantitative estimate of drug-likeness (QED) is 0.896. The molecule has 0 aromatic heterocycles. The zero-order chi connectivity index (χ0) is 14.8. The average Bonchev–Trinajstić information content (AvgIpc) is 2.39. The molecule has 0 fully saturated rings. The highest BCUT2D eigenvalue weighted by Crippen LogP contribution is 2.32. The van der Waals surface area contributed by atoms with Gasteiger partial charge < -0.3 is 14.9 Å². The molecule has 2 rings (SSSR count). The highest BCUT2D eigenvalue weighted by molar-refractivity contribution is 9.10. The fraction of sp³-hybridized carbons (Fsp3) is 0.250. The summed E-state index contributed by atoms with van der Waals surface area (Å²) in [4.78, 5) is 0. The molecule has 0 heterocycles. The van der Waals surface area contributed by atoms with Gasteiger partial charge in [0, 0.05) is 10.9 Å². The van der Waals surface area contributed by atoms with Crippen molar-refractivity contribution in [2.24, 2.45) is 0 Å². The number of methoxy groups -OCH3 is 1. The largest absolute Gasteiger partial charge is 0.508 e. The molecule has 0 amide bonds. The maximum absolute atomic E-state index is 10.7.